The van der Waals surface area contributed by atoms with Crippen LogP contribution < -0.4 is 0 Å². The molecular formula is C15H12BrClFN3. The predicted molar refractivity (Wildman–Crippen MR) is 85.5 cm³/mol. The molecule has 2 aromatic heterocycles. The van der Waals surface area contributed by atoms with Gasteiger partial charge in [0.1, 0.15) is 17.2 Å². The first kappa shape index (κ1) is 14.5. The molecule has 2 heterocycles. The Morgan fingerprint density at radius 2 is 2.10 bits per heavy atom. The molecule has 0 aliphatic carbocycles. The zero-order valence-electron chi connectivity index (χ0n) is 11.4. The van der Waals surface area contributed by atoms with Crippen LogP contribution in [0.3, 0.4) is 0 Å². The number of fused-ring (bicyclic) bond motifs is 1. The zero-order chi connectivity index (χ0) is 15.1. The first-order valence-electron chi connectivity index (χ1n) is 6.42. The van der Waals surface area contributed by atoms with E-state index >= 15 is 0 Å². The average molecular weight is 369 g/mol. The Kier molecular flexibility index (Phi) is 3.71. The number of alkyl halides is 1. The summed E-state index contributed by atoms with van der Waals surface area (Å²) >= 11 is 9.45. The lowest BCUT2D eigenvalue weighted by molar-refractivity contribution is 0.620. The summed E-state index contributed by atoms with van der Waals surface area (Å²) in [4.78, 5) is 9.01. The largest absolute Gasteiger partial charge is 0.279 e. The van der Waals surface area contributed by atoms with Crippen LogP contribution in [-0.4, -0.2) is 14.5 Å². The lowest BCUT2D eigenvalue weighted by Gasteiger charge is -2.10. The van der Waals surface area contributed by atoms with Gasteiger partial charge in [-0.25, -0.2) is 14.4 Å². The van der Waals surface area contributed by atoms with Crippen molar-refractivity contribution in [1.29, 1.82) is 0 Å². The van der Waals surface area contributed by atoms with E-state index in [-0.39, 0.29) is 11.2 Å². The maximum absolute atomic E-state index is 13.5. The number of nitrogens with zero attached hydrogens (tertiary/aromatic N) is 3. The molecule has 0 radical (unpaired) electrons. The summed E-state index contributed by atoms with van der Waals surface area (Å²) in [5.41, 5.74) is 3.28. The van der Waals surface area contributed by atoms with Gasteiger partial charge in [0.05, 0.1) is 15.5 Å². The molecule has 6 heteroatoms. The van der Waals surface area contributed by atoms with Crippen molar-refractivity contribution in [1.82, 2.24) is 14.5 Å². The Balaban J connectivity index is 2.33. The molecule has 0 aliphatic rings. The van der Waals surface area contributed by atoms with Gasteiger partial charge in [0.2, 0.25) is 0 Å². The summed E-state index contributed by atoms with van der Waals surface area (Å²) in [6.45, 7) is 3.81. The molecule has 108 valence electrons. The molecule has 0 spiro atoms. The lowest BCUT2D eigenvalue weighted by atomic mass is 10.3. The third-order valence-corrected chi connectivity index (χ3v) is 3.98. The molecule has 1 unspecified atom stereocenters. The van der Waals surface area contributed by atoms with Crippen molar-refractivity contribution in [3.8, 4) is 5.69 Å². The van der Waals surface area contributed by atoms with Crippen LogP contribution in [-0.2, 0) is 0 Å². The molecule has 0 amide bonds. The van der Waals surface area contributed by atoms with E-state index in [2.05, 4.69) is 25.9 Å². The quantitative estimate of drug-likeness (QED) is 0.600. The van der Waals surface area contributed by atoms with Gasteiger partial charge in [-0.3, -0.25) is 4.57 Å². The molecule has 0 bridgehead atoms. The van der Waals surface area contributed by atoms with Crippen LogP contribution in [0.1, 0.15) is 23.7 Å². The maximum Gasteiger partial charge on any atom is 0.164 e. The molecule has 3 rings (SSSR count). The van der Waals surface area contributed by atoms with Crippen LogP contribution in [0.4, 0.5) is 4.39 Å². The number of halogens is 3. The van der Waals surface area contributed by atoms with E-state index in [1.165, 1.54) is 6.07 Å². The highest BCUT2D eigenvalue weighted by Gasteiger charge is 2.18. The second-order valence-corrected chi connectivity index (χ2v) is 6.38. The van der Waals surface area contributed by atoms with E-state index < -0.39 is 0 Å². The number of imidazole rings is 1. The van der Waals surface area contributed by atoms with Gasteiger partial charge in [0.15, 0.2) is 5.65 Å². The van der Waals surface area contributed by atoms with Crippen molar-refractivity contribution in [2.24, 2.45) is 0 Å². The number of pyridine rings is 1. The highest BCUT2D eigenvalue weighted by atomic mass is 79.9. The standard InChI is InChI=1S/C15H12BrClFN3/c1-8-5-13-15(19-7-8)21(14(20-13)9(2)17)10-3-4-12(18)11(16)6-10/h3-7,9H,1-2H3. The summed E-state index contributed by atoms with van der Waals surface area (Å²) < 4.78 is 15.7. The van der Waals surface area contributed by atoms with Gasteiger partial charge in [-0.2, -0.15) is 0 Å². The Morgan fingerprint density at radius 1 is 1.33 bits per heavy atom. The molecule has 21 heavy (non-hydrogen) atoms. The van der Waals surface area contributed by atoms with Gasteiger partial charge >= 0.3 is 0 Å². The zero-order valence-corrected chi connectivity index (χ0v) is 13.8. The van der Waals surface area contributed by atoms with Gasteiger partial charge in [0, 0.05) is 6.20 Å². The number of benzene rings is 1. The van der Waals surface area contributed by atoms with E-state index in [0.717, 1.165) is 16.8 Å². The number of rotatable bonds is 2. The van der Waals surface area contributed by atoms with E-state index in [0.29, 0.717) is 15.9 Å². The maximum atomic E-state index is 13.5. The van der Waals surface area contributed by atoms with Gasteiger partial charge in [0.25, 0.3) is 0 Å². The summed E-state index contributed by atoms with van der Waals surface area (Å²) in [7, 11) is 0. The number of hydrogen-bond acceptors (Lipinski definition) is 2. The molecule has 0 fully saturated rings. The SMILES string of the molecule is Cc1cnc2c(c1)nc(C(C)Cl)n2-c1ccc(F)c(Br)c1. The Bertz CT molecular complexity index is 829. The minimum atomic E-state index is -0.313. The molecule has 0 N–H and O–H groups in total. The summed E-state index contributed by atoms with van der Waals surface area (Å²) in [5.74, 6) is 0.371. The molecule has 3 nitrogen and oxygen atoms in total. The topological polar surface area (TPSA) is 30.7 Å². The Labute approximate surface area is 134 Å². The predicted octanol–water partition coefficient (Wildman–Crippen LogP) is 4.93. The average Bonchev–Trinajstić information content (AvgIpc) is 2.80. The second-order valence-electron chi connectivity index (χ2n) is 4.88. The molecule has 0 aliphatic heterocycles. The third kappa shape index (κ3) is 2.56. The monoisotopic (exact) mass is 367 g/mol. The smallest absolute Gasteiger partial charge is 0.164 e. The van der Waals surface area contributed by atoms with Crippen molar-refractivity contribution in [2.45, 2.75) is 19.2 Å². The van der Waals surface area contributed by atoms with E-state index in [1.807, 2.05) is 24.5 Å². The molecule has 3 aromatic rings. The van der Waals surface area contributed by atoms with Gasteiger partial charge in [-0.1, -0.05) is 0 Å². The van der Waals surface area contributed by atoms with Gasteiger partial charge < -0.3 is 0 Å². The molecule has 1 atom stereocenters. The van der Waals surface area contributed by atoms with Gasteiger partial charge in [-0.05, 0) is 59.6 Å². The fraction of sp³-hybridized carbons (Fsp3) is 0.200. The van der Waals surface area contributed by atoms with Crippen LogP contribution in [0, 0.1) is 12.7 Å². The normalized spacial score (nSPS) is 12.8. The highest BCUT2D eigenvalue weighted by Crippen LogP contribution is 2.29. The highest BCUT2D eigenvalue weighted by molar-refractivity contribution is 9.10. The summed E-state index contributed by atoms with van der Waals surface area (Å²) in [6, 6.07) is 6.74. The molecule has 1 aromatic carbocycles. The second kappa shape index (κ2) is 5.39. The lowest BCUT2D eigenvalue weighted by Crippen LogP contribution is -2.03. The number of aryl methyl sites for hydroxylation is 1. The van der Waals surface area contributed by atoms with Crippen molar-refractivity contribution >= 4 is 38.7 Å². The fourth-order valence-electron chi connectivity index (χ4n) is 2.23. The van der Waals surface area contributed by atoms with Crippen LogP contribution in [0.15, 0.2) is 34.9 Å². The van der Waals surface area contributed by atoms with E-state index in [1.54, 1.807) is 18.3 Å². The first-order chi connectivity index (χ1) is 9.97. The van der Waals surface area contributed by atoms with Crippen molar-refractivity contribution in [2.75, 3.05) is 0 Å². The van der Waals surface area contributed by atoms with Crippen molar-refractivity contribution in [3.05, 3.63) is 52.1 Å². The van der Waals surface area contributed by atoms with Crippen LogP contribution in [0.2, 0.25) is 0 Å². The minimum absolute atomic E-state index is 0.289. The van der Waals surface area contributed by atoms with Crippen LogP contribution in [0.25, 0.3) is 16.9 Å². The minimum Gasteiger partial charge on any atom is -0.279 e. The fourth-order valence-corrected chi connectivity index (χ4v) is 2.74. The summed E-state index contributed by atoms with van der Waals surface area (Å²) in [6.07, 6.45) is 1.78. The number of aromatic nitrogens is 3. The first-order valence-corrected chi connectivity index (χ1v) is 7.65. The molecule has 0 saturated heterocycles. The molecule has 0 saturated carbocycles. The van der Waals surface area contributed by atoms with Crippen LogP contribution in [0.5, 0.6) is 0 Å². The van der Waals surface area contributed by atoms with Crippen LogP contribution >= 0.6 is 27.5 Å². The third-order valence-electron chi connectivity index (χ3n) is 3.18. The Hall–Kier alpha value is -1.46. The van der Waals surface area contributed by atoms with Crippen molar-refractivity contribution in [3.63, 3.8) is 0 Å². The van der Waals surface area contributed by atoms with Gasteiger partial charge in [-0.15, -0.1) is 11.6 Å². The van der Waals surface area contributed by atoms with Crippen molar-refractivity contribution < 1.29 is 4.39 Å². The van der Waals surface area contributed by atoms with E-state index in [9.17, 15) is 4.39 Å². The van der Waals surface area contributed by atoms with E-state index in [4.69, 9.17) is 11.6 Å². The number of hydrogen-bond donors (Lipinski definition) is 0. The molecular weight excluding hydrogens is 357 g/mol. The summed E-state index contributed by atoms with van der Waals surface area (Å²) in [5, 5.41) is -0.289. The Morgan fingerprint density at radius 3 is 2.76 bits per heavy atom.